The van der Waals surface area contributed by atoms with Crippen molar-refractivity contribution in [2.75, 3.05) is 19.5 Å². The quantitative estimate of drug-likeness (QED) is 0.142. The van der Waals surface area contributed by atoms with Crippen LogP contribution >= 0.6 is 11.6 Å². The molecule has 56 heavy (non-hydrogen) atoms. The number of methoxy groups -OCH3 is 2. The first-order valence-electron chi connectivity index (χ1n) is 17.9. The minimum Gasteiger partial charge on any atom is -0.496 e. The van der Waals surface area contributed by atoms with Crippen LogP contribution in [0.5, 0.6) is 11.5 Å². The van der Waals surface area contributed by atoms with Gasteiger partial charge in [-0.2, -0.15) is 5.10 Å². The molecule has 1 aliphatic rings. The van der Waals surface area contributed by atoms with E-state index in [1.54, 1.807) is 26.6 Å². The van der Waals surface area contributed by atoms with Gasteiger partial charge in [-0.3, -0.25) is 14.6 Å². The van der Waals surface area contributed by atoms with Crippen LogP contribution in [0.25, 0.3) is 65.9 Å². The normalized spacial score (nSPS) is 12.6. The predicted molar refractivity (Wildman–Crippen MR) is 220 cm³/mol. The zero-order chi connectivity index (χ0) is 38.1. The van der Waals surface area contributed by atoms with E-state index in [1.165, 1.54) is 12.8 Å². The summed E-state index contributed by atoms with van der Waals surface area (Å²) in [7, 11) is 5.31. The number of ether oxygens (including phenoxy) is 2. The summed E-state index contributed by atoms with van der Waals surface area (Å²) >= 11 is 6.31. The second-order valence-electron chi connectivity index (χ2n) is 14.0. The molecule has 3 N–H and O–H groups in total. The molecule has 0 aliphatic heterocycles. The zero-order valence-electron chi connectivity index (χ0n) is 31.4. The van der Waals surface area contributed by atoms with Gasteiger partial charge in [-0.1, -0.05) is 29.3 Å². The minimum atomic E-state index is 0. The topological polar surface area (TPSA) is 158 Å². The van der Waals surface area contributed by atoms with E-state index in [-0.39, 0.29) is 7.43 Å². The highest BCUT2D eigenvalue weighted by Crippen LogP contribution is 2.44. The number of aromatic amines is 2. The number of H-pyrrole nitrogens is 2. The van der Waals surface area contributed by atoms with Crippen LogP contribution in [0.4, 0.5) is 11.5 Å². The molecule has 14 heteroatoms. The van der Waals surface area contributed by atoms with E-state index in [0.29, 0.717) is 10.9 Å². The first-order chi connectivity index (χ1) is 26.6. The smallest absolute Gasteiger partial charge is 0.141 e. The SMILES string of the molecule is C.COc1cc2c(cc1-c1c(C)noc1C)[nH]c1cncc(Cl)c12.COc1cc2c(cc1-c1c(C)noc1C)[nH]c1cncc(Nc3cc(C4CC4)nn3C)c12. The van der Waals surface area contributed by atoms with E-state index in [9.17, 15) is 0 Å². The number of nitrogens with one attached hydrogen (secondary N) is 3. The summed E-state index contributed by atoms with van der Waals surface area (Å²) < 4.78 is 24.0. The Morgan fingerprint density at radius 1 is 0.732 bits per heavy atom. The number of anilines is 2. The average Bonchev–Trinajstić information content (AvgIpc) is 3.35. The van der Waals surface area contributed by atoms with Gasteiger partial charge in [-0.25, -0.2) is 0 Å². The molecular formula is C42H42ClN9O4. The number of pyridine rings is 2. The molecular weight excluding hydrogens is 730 g/mol. The molecule has 1 aliphatic carbocycles. The molecule has 0 atom stereocenters. The molecule has 9 aromatic rings. The maximum absolute atomic E-state index is 6.31. The van der Waals surface area contributed by atoms with Gasteiger partial charge in [0.1, 0.15) is 28.8 Å². The van der Waals surface area contributed by atoms with Crippen LogP contribution in [0.15, 0.2) is 64.2 Å². The van der Waals surface area contributed by atoms with Crippen molar-refractivity contribution in [2.24, 2.45) is 7.05 Å². The van der Waals surface area contributed by atoms with Gasteiger partial charge >= 0.3 is 0 Å². The largest absolute Gasteiger partial charge is 0.496 e. The minimum absolute atomic E-state index is 0. The van der Waals surface area contributed by atoms with Crippen molar-refractivity contribution in [2.45, 2.75) is 53.9 Å². The number of hydrogen-bond acceptors (Lipinski definition) is 10. The Hall–Kier alpha value is -6.34. The average molecular weight is 772 g/mol. The maximum Gasteiger partial charge on any atom is 0.141 e. The standard InChI is InChI=1S/C24H24N6O2.C17H14ClN3O2.CH4/c1-12-23(13(2)32-29-12)16-7-18-15(8-21(16)31-4)24-19(26-18)10-25-11-20(24)27-22-9-17(14-5-6-14)28-30(22)3;1-8-16(9(2)23-21-8)11-4-13-10(5-15(11)22-3)17-12(18)6-19-7-14(17)20-13;/h7-11,14,26-27H,5-6H2,1-4H3;4-7,20H,1-3H3;1H4. The third-order valence-electron chi connectivity index (χ3n) is 10.4. The highest BCUT2D eigenvalue weighted by Gasteiger charge is 2.27. The van der Waals surface area contributed by atoms with Crippen LogP contribution in [0, 0.1) is 27.7 Å². The lowest BCUT2D eigenvalue weighted by Gasteiger charge is -2.10. The van der Waals surface area contributed by atoms with E-state index in [2.05, 4.69) is 58.9 Å². The van der Waals surface area contributed by atoms with E-state index >= 15 is 0 Å². The van der Waals surface area contributed by atoms with Gasteiger partial charge in [0, 0.05) is 68.9 Å². The van der Waals surface area contributed by atoms with Crippen LogP contribution in [0.3, 0.4) is 0 Å². The lowest BCUT2D eigenvalue weighted by Crippen LogP contribution is -2.00. The Morgan fingerprint density at radius 3 is 1.79 bits per heavy atom. The molecule has 1 fully saturated rings. The van der Waals surface area contributed by atoms with Crippen molar-refractivity contribution >= 4 is 66.7 Å². The fourth-order valence-corrected chi connectivity index (χ4v) is 7.86. The third kappa shape index (κ3) is 6.08. The van der Waals surface area contributed by atoms with Gasteiger partial charge in [0.2, 0.25) is 0 Å². The molecule has 286 valence electrons. The fraction of sp³-hybridized carbons (Fsp3) is 0.262. The van der Waals surface area contributed by atoms with Gasteiger partial charge < -0.3 is 33.8 Å². The number of nitrogens with zero attached hydrogens (tertiary/aromatic N) is 6. The molecule has 0 spiro atoms. The lowest BCUT2D eigenvalue weighted by molar-refractivity contribution is 0.393. The summed E-state index contributed by atoms with van der Waals surface area (Å²) in [4.78, 5) is 15.5. The molecule has 0 unspecified atom stereocenters. The molecule has 1 saturated carbocycles. The Bertz CT molecular complexity index is 2890. The van der Waals surface area contributed by atoms with Crippen LogP contribution in [-0.2, 0) is 7.05 Å². The van der Waals surface area contributed by atoms with Crippen LogP contribution in [-0.4, -0.2) is 54.2 Å². The van der Waals surface area contributed by atoms with Crippen LogP contribution in [0.1, 0.15) is 54.8 Å². The number of fused-ring (bicyclic) bond motifs is 6. The Morgan fingerprint density at radius 2 is 1.27 bits per heavy atom. The van der Waals surface area contributed by atoms with Crippen LogP contribution in [0.2, 0.25) is 5.02 Å². The van der Waals surface area contributed by atoms with E-state index < -0.39 is 0 Å². The monoisotopic (exact) mass is 771 g/mol. The third-order valence-corrected chi connectivity index (χ3v) is 10.7. The number of aromatic nitrogens is 8. The lowest BCUT2D eigenvalue weighted by atomic mass is 10.0. The Kier molecular flexibility index (Phi) is 9.20. The van der Waals surface area contributed by atoms with Crippen molar-refractivity contribution in [3.63, 3.8) is 0 Å². The Labute approximate surface area is 327 Å². The zero-order valence-corrected chi connectivity index (χ0v) is 32.1. The highest BCUT2D eigenvalue weighted by atomic mass is 35.5. The number of halogens is 1. The van der Waals surface area contributed by atoms with E-state index in [0.717, 1.165) is 117 Å². The summed E-state index contributed by atoms with van der Waals surface area (Å²) in [5.41, 5.74) is 11.3. The number of hydrogen-bond donors (Lipinski definition) is 3. The van der Waals surface area contributed by atoms with Crippen molar-refractivity contribution < 1.29 is 18.5 Å². The van der Waals surface area contributed by atoms with Crippen molar-refractivity contribution in [3.05, 3.63) is 88.7 Å². The van der Waals surface area contributed by atoms with Crippen molar-refractivity contribution in [1.29, 1.82) is 0 Å². The molecule has 10 rings (SSSR count). The molecule has 0 amide bonds. The molecule has 13 nitrogen and oxygen atoms in total. The fourth-order valence-electron chi connectivity index (χ4n) is 7.60. The molecule has 7 aromatic heterocycles. The molecule has 2 aromatic carbocycles. The number of rotatable bonds is 7. The summed E-state index contributed by atoms with van der Waals surface area (Å²) in [6.07, 6.45) is 9.57. The Balaban J connectivity index is 0.000000163. The predicted octanol–water partition coefficient (Wildman–Crippen LogP) is 10.6. The highest BCUT2D eigenvalue weighted by molar-refractivity contribution is 6.37. The first kappa shape index (κ1) is 36.6. The molecule has 0 bridgehead atoms. The maximum atomic E-state index is 6.31. The van der Waals surface area contributed by atoms with Crippen molar-refractivity contribution in [1.82, 2.24) is 40.0 Å². The summed E-state index contributed by atoms with van der Waals surface area (Å²) in [5, 5.41) is 21.0. The van der Waals surface area contributed by atoms with E-state index in [4.69, 9.17) is 30.1 Å². The van der Waals surface area contributed by atoms with Gasteiger partial charge in [-0.05, 0) is 64.8 Å². The van der Waals surface area contributed by atoms with Crippen LogP contribution < -0.4 is 14.8 Å². The molecule has 7 heterocycles. The number of aryl methyl sites for hydroxylation is 5. The summed E-state index contributed by atoms with van der Waals surface area (Å²) in [6.45, 7) is 7.67. The van der Waals surface area contributed by atoms with Gasteiger partial charge in [0.25, 0.3) is 0 Å². The van der Waals surface area contributed by atoms with Gasteiger partial charge in [-0.15, -0.1) is 0 Å². The first-order valence-corrected chi connectivity index (χ1v) is 18.3. The molecule has 0 saturated heterocycles. The van der Waals surface area contributed by atoms with Gasteiger partial charge in [0.15, 0.2) is 0 Å². The van der Waals surface area contributed by atoms with Crippen molar-refractivity contribution in [3.8, 4) is 33.8 Å². The van der Waals surface area contributed by atoms with Gasteiger partial charge in [0.05, 0.1) is 82.8 Å². The summed E-state index contributed by atoms with van der Waals surface area (Å²) in [6, 6.07) is 10.3. The second kappa shape index (κ2) is 14.1. The van der Waals surface area contributed by atoms with E-state index in [1.807, 2.05) is 64.0 Å². The number of benzene rings is 2. The summed E-state index contributed by atoms with van der Waals surface area (Å²) in [5.74, 6) is 4.60. The second-order valence-corrected chi connectivity index (χ2v) is 14.4. The molecule has 0 radical (unpaired) electrons.